The number of ether oxygens (including phenoxy) is 1. The highest BCUT2D eigenvalue weighted by Crippen LogP contribution is 2.23. The zero-order chi connectivity index (χ0) is 11.4. The number of Topliss-reactive ketones (excluding diaryl/α,β-unsaturated/α-hetero) is 1. The Balaban J connectivity index is 3.40. The number of halogens is 1. The van der Waals surface area contributed by atoms with Gasteiger partial charge in [0.25, 0.3) is 0 Å². The van der Waals surface area contributed by atoms with Crippen molar-refractivity contribution < 1.29 is 18.7 Å². The van der Waals surface area contributed by atoms with E-state index in [0.717, 1.165) is 6.07 Å². The van der Waals surface area contributed by atoms with Crippen molar-refractivity contribution in [1.82, 2.24) is 0 Å². The second-order valence-corrected chi connectivity index (χ2v) is 2.94. The lowest BCUT2D eigenvalue weighted by Gasteiger charge is -2.09. The third-order valence-electron chi connectivity index (χ3n) is 1.92. The van der Waals surface area contributed by atoms with Crippen LogP contribution >= 0.6 is 0 Å². The maximum absolute atomic E-state index is 13.3. The minimum atomic E-state index is -0.701. The zero-order valence-electron chi connectivity index (χ0n) is 8.54. The minimum Gasteiger partial charge on any atom is -0.493 e. The first-order valence-electron chi connectivity index (χ1n) is 4.53. The van der Waals surface area contributed by atoms with Crippen LogP contribution in [0.1, 0.15) is 34.6 Å². The number of carbonyl (C=O) groups excluding carboxylic acids is 2. The Hall–Kier alpha value is -1.71. The van der Waals surface area contributed by atoms with Crippen molar-refractivity contribution in [3.05, 3.63) is 29.1 Å². The van der Waals surface area contributed by atoms with E-state index < -0.39 is 11.6 Å². The predicted octanol–water partition coefficient (Wildman–Crippen LogP) is 2.24. The summed E-state index contributed by atoms with van der Waals surface area (Å²) in [5, 5.41) is 0. The van der Waals surface area contributed by atoms with E-state index in [1.54, 1.807) is 6.92 Å². The van der Waals surface area contributed by atoms with Gasteiger partial charge in [0.15, 0.2) is 12.1 Å². The third-order valence-corrected chi connectivity index (χ3v) is 1.92. The van der Waals surface area contributed by atoms with E-state index in [4.69, 9.17) is 4.74 Å². The fraction of sp³-hybridized carbons (Fsp3) is 0.273. The van der Waals surface area contributed by atoms with E-state index in [9.17, 15) is 14.0 Å². The highest BCUT2D eigenvalue weighted by atomic mass is 19.1. The van der Waals surface area contributed by atoms with Crippen LogP contribution in [0.4, 0.5) is 4.39 Å². The summed E-state index contributed by atoms with van der Waals surface area (Å²) in [6, 6.07) is 2.46. The van der Waals surface area contributed by atoms with Crippen molar-refractivity contribution in [2.24, 2.45) is 0 Å². The molecule has 0 fully saturated rings. The van der Waals surface area contributed by atoms with Crippen LogP contribution in [0.5, 0.6) is 5.75 Å². The number of rotatable bonds is 4. The second kappa shape index (κ2) is 4.68. The van der Waals surface area contributed by atoms with Gasteiger partial charge in [0.1, 0.15) is 11.6 Å². The van der Waals surface area contributed by atoms with Crippen molar-refractivity contribution in [3.8, 4) is 5.75 Å². The molecule has 4 heteroatoms. The number of carbonyl (C=O) groups is 2. The summed E-state index contributed by atoms with van der Waals surface area (Å²) < 4.78 is 18.4. The summed E-state index contributed by atoms with van der Waals surface area (Å²) in [4.78, 5) is 21.9. The summed E-state index contributed by atoms with van der Waals surface area (Å²) in [5.41, 5.74) is -0.236. The van der Waals surface area contributed by atoms with Gasteiger partial charge in [-0.15, -0.1) is 0 Å². The molecule has 0 saturated heterocycles. The van der Waals surface area contributed by atoms with Gasteiger partial charge in [0.05, 0.1) is 17.7 Å². The highest BCUT2D eigenvalue weighted by Gasteiger charge is 2.17. The van der Waals surface area contributed by atoms with Crippen LogP contribution in [0.15, 0.2) is 12.1 Å². The van der Waals surface area contributed by atoms with Crippen molar-refractivity contribution in [3.63, 3.8) is 0 Å². The highest BCUT2D eigenvalue weighted by molar-refractivity contribution is 6.03. The Morgan fingerprint density at radius 1 is 1.53 bits per heavy atom. The fourth-order valence-corrected chi connectivity index (χ4v) is 1.33. The van der Waals surface area contributed by atoms with E-state index in [2.05, 4.69) is 0 Å². The number of hydrogen-bond acceptors (Lipinski definition) is 3. The maximum atomic E-state index is 13.3. The molecule has 0 N–H and O–H groups in total. The molecule has 0 amide bonds. The molecule has 3 nitrogen and oxygen atoms in total. The van der Waals surface area contributed by atoms with Gasteiger partial charge in [0, 0.05) is 0 Å². The molecule has 0 spiro atoms. The van der Waals surface area contributed by atoms with Crippen molar-refractivity contribution in [1.29, 1.82) is 0 Å². The van der Waals surface area contributed by atoms with Gasteiger partial charge >= 0.3 is 0 Å². The minimum absolute atomic E-state index is 0.0237. The summed E-state index contributed by atoms with van der Waals surface area (Å²) in [5.74, 6) is -0.955. The fourth-order valence-electron chi connectivity index (χ4n) is 1.33. The molecule has 0 radical (unpaired) electrons. The number of hydrogen-bond donors (Lipinski definition) is 0. The lowest BCUT2D eigenvalue weighted by atomic mass is 10.0. The summed E-state index contributed by atoms with van der Waals surface area (Å²) >= 11 is 0. The average Bonchev–Trinajstić information content (AvgIpc) is 2.19. The predicted molar refractivity (Wildman–Crippen MR) is 53.0 cm³/mol. The molecule has 0 aliphatic carbocycles. The molecular weight excluding hydrogens is 199 g/mol. The number of benzene rings is 1. The van der Waals surface area contributed by atoms with Crippen molar-refractivity contribution in [2.45, 2.75) is 13.8 Å². The molecule has 0 unspecified atom stereocenters. The van der Waals surface area contributed by atoms with Crippen molar-refractivity contribution >= 4 is 12.1 Å². The van der Waals surface area contributed by atoms with Crippen LogP contribution in [-0.2, 0) is 0 Å². The molecule has 80 valence electrons. The van der Waals surface area contributed by atoms with Crippen LogP contribution in [0.3, 0.4) is 0 Å². The molecule has 15 heavy (non-hydrogen) atoms. The average molecular weight is 210 g/mol. The second-order valence-electron chi connectivity index (χ2n) is 2.94. The van der Waals surface area contributed by atoms with Gasteiger partial charge in [-0.05, 0) is 26.0 Å². The molecule has 0 aliphatic rings. The van der Waals surface area contributed by atoms with Gasteiger partial charge in [-0.2, -0.15) is 0 Å². The summed E-state index contributed by atoms with van der Waals surface area (Å²) in [6.45, 7) is 3.30. The monoisotopic (exact) mass is 210 g/mol. The van der Waals surface area contributed by atoms with Gasteiger partial charge in [0.2, 0.25) is 0 Å². The standard InChI is InChI=1S/C11H11FO3/c1-3-15-10-5-4-9(12)11(7(2)14)8(10)6-13/h4-6H,3H2,1-2H3. The lowest BCUT2D eigenvalue weighted by Crippen LogP contribution is -2.06. The summed E-state index contributed by atoms with van der Waals surface area (Å²) in [6.07, 6.45) is 0.435. The quantitative estimate of drug-likeness (QED) is 0.565. The molecule has 0 heterocycles. The molecule has 0 aromatic heterocycles. The Morgan fingerprint density at radius 3 is 2.67 bits per heavy atom. The third kappa shape index (κ3) is 2.21. The first-order valence-corrected chi connectivity index (χ1v) is 4.53. The molecule has 1 rings (SSSR count). The molecule has 1 aromatic rings. The largest absolute Gasteiger partial charge is 0.493 e. The molecule has 0 bridgehead atoms. The smallest absolute Gasteiger partial charge is 0.163 e. The first kappa shape index (κ1) is 11.4. The van der Waals surface area contributed by atoms with Gasteiger partial charge in [-0.1, -0.05) is 0 Å². The lowest BCUT2D eigenvalue weighted by molar-refractivity contribution is 0.1000. The molecule has 0 atom stereocenters. The van der Waals surface area contributed by atoms with E-state index >= 15 is 0 Å². The zero-order valence-corrected chi connectivity index (χ0v) is 8.54. The summed E-state index contributed by atoms with van der Waals surface area (Å²) in [7, 11) is 0. The SMILES string of the molecule is CCOc1ccc(F)c(C(C)=O)c1C=O. The van der Waals surface area contributed by atoms with E-state index in [0.29, 0.717) is 12.9 Å². The van der Waals surface area contributed by atoms with Gasteiger partial charge < -0.3 is 4.74 Å². The van der Waals surface area contributed by atoms with E-state index in [1.807, 2.05) is 0 Å². The van der Waals surface area contributed by atoms with E-state index in [-0.39, 0.29) is 16.9 Å². The van der Waals surface area contributed by atoms with Gasteiger partial charge in [-0.3, -0.25) is 9.59 Å². The van der Waals surface area contributed by atoms with Crippen molar-refractivity contribution in [2.75, 3.05) is 6.61 Å². The van der Waals surface area contributed by atoms with Crippen LogP contribution in [0.25, 0.3) is 0 Å². The van der Waals surface area contributed by atoms with Crippen LogP contribution in [0, 0.1) is 5.82 Å². The van der Waals surface area contributed by atoms with Crippen LogP contribution < -0.4 is 4.74 Å². The Kier molecular flexibility index (Phi) is 3.55. The number of aldehydes is 1. The van der Waals surface area contributed by atoms with Crippen LogP contribution in [-0.4, -0.2) is 18.7 Å². The first-order chi connectivity index (χ1) is 7.11. The molecule has 0 aliphatic heterocycles. The topological polar surface area (TPSA) is 43.4 Å². The Morgan fingerprint density at radius 2 is 2.20 bits per heavy atom. The van der Waals surface area contributed by atoms with Crippen LogP contribution in [0.2, 0.25) is 0 Å². The van der Waals surface area contributed by atoms with Gasteiger partial charge in [-0.25, -0.2) is 4.39 Å². The Bertz CT molecular complexity index is 399. The normalized spacial score (nSPS) is 9.80. The number of ketones is 1. The molecule has 0 saturated carbocycles. The molecular formula is C11H11FO3. The van der Waals surface area contributed by atoms with E-state index in [1.165, 1.54) is 13.0 Å². The maximum Gasteiger partial charge on any atom is 0.163 e. The molecule has 1 aromatic carbocycles. The Labute approximate surface area is 86.9 Å².